The fourth-order valence-electron chi connectivity index (χ4n) is 0.741. The van der Waals surface area contributed by atoms with Gasteiger partial charge in [-0.1, -0.05) is 0 Å². The van der Waals surface area contributed by atoms with Crippen LogP contribution in [0.3, 0.4) is 0 Å². The highest BCUT2D eigenvalue weighted by Crippen LogP contribution is 2.53. The summed E-state index contributed by atoms with van der Waals surface area (Å²) in [5.41, 5.74) is 0. The molecule has 17 nitrogen and oxygen atoms in total. The van der Waals surface area contributed by atoms with E-state index >= 15 is 0 Å². The molecule has 12 N–H and O–H groups in total. The van der Waals surface area contributed by atoms with Crippen molar-refractivity contribution >= 4 is 29.3 Å². The highest BCUT2D eigenvalue weighted by molar-refractivity contribution is 7.60. The predicted octanol–water partition coefficient (Wildman–Crippen LogP) is -5.12. The van der Waals surface area contributed by atoms with Gasteiger partial charge >= 0.3 is 23.5 Å². The van der Waals surface area contributed by atoms with Crippen LogP contribution in [0.15, 0.2) is 0 Å². The lowest BCUT2D eigenvalue weighted by Gasteiger charge is -2.19. The van der Waals surface area contributed by atoms with Gasteiger partial charge in [-0.2, -0.15) is 4.31 Å². The largest absolute Gasteiger partial charge is 0.478 e. The van der Waals surface area contributed by atoms with Crippen molar-refractivity contribution in [3.05, 3.63) is 0 Å². The molecule has 20 heteroatoms. The van der Waals surface area contributed by atoms with Gasteiger partial charge in [0.15, 0.2) is 5.78 Å². The molecule has 0 rings (SSSR count). The SMILES string of the molecule is O=C(CO)[C@H](O)[C@H](O)[C@H](O)CO.O=P(O)(O)O.O=P(O)(O)OP(=O)(O)O. The van der Waals surface area contributed by atoms with Gasteiger partial charge in [0.05, 0.1) is 6.61 Å². The highest BCUT2D eigenvalue weighted by Gasteiger charge is 2.29. The molecule has 0 aromatic carbocycles. The molecule has 0 saturated heterocycles. The molecule has 160 valence electrons. The van der Waals surface area contributed by atoms with E-state index in [4.69, 9.17) is 64.4 Å². The Balaban J connectivity index is -0.000000333. The molecule has 0 amide bonds. The Kier molecular flexibility index (Phi) is 15.4. The number of carbonyl (C=O) groups excluding carboxylic acids is 1. The maximum atomic E-state index is 10.5. The Hall–Kier alpha value is -0.160. The van der Waals surface area contributed by atoms with Gasteiger partial charge in [-0.05, 0) is 0 Å². The van der Waals surface area contributed by atoms with Gasteiger partial charge in [-0.25, -0.2) is 13.7 Å². The van der Waals surface area contributed by atoms with E-state index in [9.17, 15) is 13.9 Å². The van der Waals surface area contributed by atoms with E-state index in [1.165, 1.54) is 0 Å². The van der Waals surface area contributed by atoms with E-state index in [1.807, 2.05) is 0 Å². The van der Waals surface area contributed by atoms with Crippen molar-refractivity contribution in [1.82, 2.24) is 0 Å². The van der Waals surface area contributed by atoms with E-state index < -0.39 is 60.8 Å². The van der Waals surface area contributed by atoms with Crippen LogP contribution in [0.1, 0.15) is 0 Å². The van der Waals surface area contributed by atoms with E-state index in [-0.39, 0.29) is 0 Å². The van der Waals surface area contributed by atoms with Gasteiger partial charge in [0, 0.05) is 0 Å². The predicted molar refractivity (Wildman–Crippen MR) is 76.6 cm³/mol. The molecule has 3 atom stereocenters. The van der Waals surface area contributed by atoms with Gasteiger partial charge in [0.25, 0.3) is 0 Å². The van der Waals surface area contributed by atoms with E-state index in [0.29, 0.717) is 0 Å². The van der Waals surface area contributed by atoms with Gasteiger partial charge in [0.1, 0.15) is 24.9 Å². The zero-order chi connectivity index (χ0) is 21.9. The fraction of sp³-hybridized carbons (Fsp3) is 0.833. The molecule has 0 bridgehead atoms. The van der Waals surface area contributed by atoms with Crippen LogP contribution >= 0.6 is 23.5 Å². The van der Waals surface area contributed by atoms with Crippen molar-refractivity contribution < 1.29 is 82.6 Å². The summed E-state index contributed by atoms with van der Waals surface area (Å²) >= 11 is 0. The summed E-state index contributed by atoms with van der Waals surface area (Å²) < 4.78 is 31.1. The molecular formula is C6H19O17P3. The van der Waals surface area contributed by atoms with Crippen LogP contribution in [-0.4, -0.2) is 97.1 Å². The van der Waals surface area contributed by atoms with Crippen LogP contribution in [0.5, 0.6) is 0 Å². The Morgan fingerprint density at radius 1 is 0.808 bits per heavy atom. The molecule has 0 aliphatic carbocycles. The lowest BCUT2D eigenvalue weighted by molar-refractivity contribution is -0.142. The average molecular weight is 456 g/mol. The van der Waals surface area contributed by atoms with Crippen LogP contribution in [0.2, 0.25) is 0 Å². The van der Waals surface area contributed by atoms with Crippen molar-refractivity contribution in [2.45, 2.75) is 18.3 Å². The molecule has 0 spiro atoms. The molecule has 0 aliphatic heterocycles. The first-order valence-electron chi connectivity index (χ1n) is 5.64. The summed E-state index contributed by atoms with van der Waals surface area (Å²) in [5, 5.41) is 43.1. The molecule has 0 unspecified atom stereocenters. The molecule has 0 heterocycles. The Morgan fingerprint density at radius 2 is 1.12 bits per heavy atom. The summed E-state index contributed by atoms with van der Waals surface area (Å²) in [5.74, 6) is -1.00. The fourth-order valence-corrected chi connectivity index (χ4v) is 1.85. The number of ketones is 1. The average Bonchev–Trinajstić information content (AvgIpc) is 2.38. The monoisotopic (exact) mass is 456 g/mol. The van der Waals surface area contributed by atoms with Gasteiger partial charge in [-0.3, -0.25) is 4.79 Å². The molecule has 0 aromatic rings. The van der Waals surface area contributed by atoms with Crippen molar-refractivity contribution in [1.29, 1.82) is 0 Å². The third kappa shape index (κ3) is 26.1. The van der Waals surface area contributed by atoms with Crippen molar-refractivity contribution in [2.75, 3.05) is 13.2 Å². The maximum Gasteiger partial charge on any atom is 0.478 e. The second-order valence-electron chi connectivity index (χ2n) is 3.89. The van der Waals surface area contributed by atoms with Crippen LogP contribution in [0.4, 0.5) is 0 Å². The van der Waals surface area contributed by atoms with Crippen molar-refractivity contribution in [2.24, 2.45) is 0 Å². The lowest BCUT2D eigenvalue weighted by Crippen LogP contribution is -2.44. The number of carbonyl (C=O) groups is 1. The van der Waals surface area contributed by atoms with E-state index in [2.05, 4.69) is 4.31 Å². The molecule has 0 radical (unpaired) electrons. The van der Waals surface area contributed by atoms with E-state index in [0.717, 1.165) is 0 Å². The summed E-state index contributed by atoms with van der Waals surface area (Å²) in [6.07, 6.45) is -5.22. The number of hydrogen-bond acceptors (Lipinski definition) is 10. The van der Waals surface area contributed by atoms with Crippen LogP contribution < -0.4 is 0 Å². The first-order valence-corrected chi connectivity index (χ1v) is 10.3. The third-order valence-corrected chi connectivity index (χ3v) is 3.31. The standard InChI is InChI=1S/C6H12O6.H4O7P2.H3O4P/c7-1-3(9)5(11)6(12)4(10)2-8;1-8(2,3)7-9(4,5)6;1-5(2,3)4/h3,5-9,11-12H,1-2H2;(H2,1,2,3)(H2,4,5,6);(H3,1,2,3,4)/t3-,5-,6+;;/m1../s1. The number of phosphoric acid groups is 3. The molecule has 0 aliphatic rings. The molecule has 0 saturated carbocycles. The molecule has 26 heavy (non-hydrogen) atoms. The summed E-state index contributed by atoms with van der Waals surface area (Å²) in [6, 6.07) is 0. The Morgan fingerprint density at radius 3 is 1.27 bits per heavy atom. The normalized spacial score (nSPS) is 15.5. The van der Waals surface area contributed by atoms with Gasteiger partial charge in [0.2, 0.25) is 0 Å². The summed E-state index contributed by atoms with van der Waals surface area (Å²) in [4.78, 5) is 63.1. The topological polar surface area (TPSA) is 320 Å². The summed E-state index contributed by atoms with van der Waals surface area (Å²) in [6.45, 7) is -1.69. The first-order chi connectivity index (χ1) is 11.2. The molecular weight excluding hydrogens is 437 g/mol. The molecule has 0 fully saturated rings. The Labute approximate surface area is 144 Å². The van der Waals surface area contributed by atoms with Gasteiger partial charge < -0.3 is 59.8 Å². The minimum Gasteiger partial charge on any atom is -0.394 e. The number of aliphatic hydroxyl groups excluding tert-OH is 5. The Bertz CT molecular complexity index is 500. The van der Waals surface area contributed by atoms with Crippen molar-refractivity contribution in [3.8, 4) is 0 Å². The minimum absolute atomic E-state index is 0.767. The van der Waals surface area contributed by atoms with Crippen molar-refractivity contribution in [3.63, 3.8) is 0 Å². The third-order valence-electron chi connectivity index (χ3n) is 1.60. The number of hydrogen-bond donors (Lipinski definition) is 12. The number of Topliss-reactive ketones (excluding diaryl/α,β-unsaturated/α-hetero) is 1. The zero-order valence-corrected chi connectivity index (χ0v) is 15.1. The van der Waals surface area contributed by atoms with Crippen LogP contribution in [0.25, 0.3) is 0 Å². The second kappa shape index (κ2) is 13.1. The quantitative estimate of drug-likeness (QED) is 0.159. The summed E-state index contributed by atoms with van der Waals surface area (Å²) in [7, 11) is -14.7. The minimum atomic E-state index is -5.05. The van der Waals surface area contributed by atoms with Gasteiger partial charge in [-0.15, -0.1) is 0 Å². The number of aliphatic hydroxyl groups is 5. The highest BCUT2D eigenvalue weighted by atomic mass is 31.3. The molecule has 0 aromatic heterocycles. The van der Waals surface area contributed by atoms with E-state index in [1.54, 1.807) is 0 Å². The number of rotatable bonds is 7. The second-order valence-corrected chi connectivity index (χ2v) is 7.53. The lowest BCUT2D eigenvalue weighted by atomic mass is 10.1. The van der Waals surface area contributed by atoms with Crippen LogP contribution in [0, 0.1) is 0 Å². The van der Waals surface area contributed by atoms with Crippen LogP contribution in [-0.2, 0) is 22.8 Å². The zero-order valence-electron chi connectivity index (χ0n) is 12.4. The maximum absolute atomic E-state index is 10.5. The smallest absolute Gasteiger partial charge is 0.394 e. The first kappa shape index (κ1) is 30.6.